The predicted molar refractivity (Wildman–Crippen MR) is 77.1 cm³/mol. The Hall–Kier alpha value is -1.81. The maximum Gasteiger partial charge on any atom is 0.258 e. The molecule has 0 aromatic heterocycles. The van der Waals surface area contributed by atoms with Gasteiger partial charge in [-0.05, 0) is 37.5 Å². The van der Waals surface area contributed by atoms with Gasteiger partial charge in [-0.1, -0.05) is 18.2 Å². The van der Waals surface area contributed by atoms with E-state index in [9.17, 15) is 4.79 Å². The third-order valence-electron chi connectivity index (χ3n) is 2.63. The van der Waals surface area contributed by atoms with Crippen molar-refractivity contribution >= 4 is 5.91 Å². The van der Waals surface area contributed by atoms with Crippen LogP contribution in [-0.4, -0.2) is 25.1 Å². The molecular formula is C15H22N2O2. The van der Waals surface area contributed by atoms with Gasteiger partial charge in [0.1, 0.15) is 5.75 Å². The van der Waals surface area contributed by atoms with E-state index in [-0.39, 0.29) is 18.6 Å². The van der Waals surface area contributed by atoms with Gasteiger partial charge in [0, 0.05) is 12.6 Å². The number of carbonyl (C=O) groups excluding carboxylic acids is 1. The standard InChI is InChI=1S/C15H22N2O2/c1-3-10-17-15(18)11-19-14-8-6-13(7-9-14)5-4-12(2)16/h3,6-9,12H,1,4-5,10-11,16H2,2H3,(H,17,18). The van der Waals surface area contributed by atoms with Gasteiger partial charge in [0.05, 0.1) is 0 Å². The van der Waals surface area contributed by atoms with Crippen molar-refractivity contribution in [1.29, 1.82) is 0 Å². The van der Waals surface area contributed by atoms with Crippen molar-refractivity contribution in [2.45, 2.75) is 25.8 Å². The van der Waals surface area contributed by atoms with Crippen LogP contribution in [0.25, 0.3) is 0 Å². The van der Waals surface area contributed by atoms with Crippen LogP contribution in [0.3, 0.4) is 0 Å². The molecule has 104 valence electrons. The second-order valence-corrected chi connectivity index (χ2v) is 4.54. The molecular weight excluding hydrogens is 240 g/mol. The first kappa shape index (κ1) is 15.2. The Morgan fingerprint density at radius 2 is 2.16 bits per heavy atom. The van der Waals surface area contributed by atoms with E-state index in [0.717, 1.165) is 12.8 Å². The second kappa shape index (κ2) is 8.32. The fourth-order valence-electron chi connectivity index (χ4n) is 1.53. The fourth-order valence-corrected chi connectivity index (χ4v) is 1.53. The van der Waals surface area contributed by atoms with Crippen LogP contribution in [0, 0.1) is 0 Å². The lowest BCUT2D eigenvalue weighted by Crippen LogP contribution is -2.28. The lowest BCUT2D eigenvalue weighted by molar-refractivity contribution is -0.122. The molecule has 1 aromatic rings. The van der Waals surface area contributed by atoms with Crippen LogP contribution in [0.4, 0.5) is 0 Å². The molecule has 1 rings (SSSR count). The number of hydrogen-bond donors (Lipinski definition) is 2. The molecule has 1 unspecified atom stereocenters. The van der Waals surface area contributed by atoms with Crippen molar-refractivity contribution in [3.05, 3.63) is 42.5 Å². The number of aryl methyl sites for hydroxylation is 1. The zero-order valence-electron chi connectivity index (χ0n) is 11.4. The number of hydrogen-bond acceptors (Lipinski definition) is 3. The molecule has 1 atom stereocenters. The number of nitrogens with two attached hydrogens (primary N) is 1. The van der Waals surface area contributed by atoms with Crippen LogP contribution in [0.2, 0.25) is 0 Å². The van der Waals surface area contributed by atoms with Gasteiger partial charge >= 0.3 is 0 Å². The molecule has 4 heteroatoms. The number of benzene rings is 1. The molecule has 4 nitrogen and oxygen atoms in total. The Balaban J connectivity index is 2.35. The van der Waals surface area contributed by atoms with E-state index in [2.05, 4.69) is 11.9 Å². The van der Waals surface area contributed by atoms with Gasteiger partial charge in [-0.3, -0.25) is 4.79 Å². The quantitative estimate of drug-likeness (QED) is 0.700. The summed E-state index contributed by atoms with van der Waals surface area (Å²) in [7, 11) is 0. The summed E-state index contributed by atoms with van der Waals surface area (Å²) < 4.78 is 5.37. The number of ether oxygens (including phenoxy) is 1. The lowest BCUT2D eigenvalue weighted by Gasteiger charge is -2.08. The highest BCUT2D eigenvalue weighted by atomic mass is 16.5. The average Bonchev–Trinajstić information content (AvgIpc) is 2.41. The van der Waals surface area contributed by atoms with E-state index < -0.39 is 0 Å². The molecule has 3 N–H and O–H groups in total. The number of carbonyl (C=O) groups is 1. The summed E-state index contributed by atoms with van der Waals surface area (Å²) in [6.45, 7) is 6.00. The molecule has 0 aliphatic rings. The van der Waals surface area contributed by atoms with E-state index in [0.29, 0.717) is 12.3 Å². The molecule has 0 heterocycles. The molecule has 0 bridgehead atoms. The monoisotopic (exact) mass is 262 g/mol. The zero-order chi connectivity index (χ0) is 14.1. The van der Waals surface area contributed by atoms with E-state index in [4.69, 9.17) is 10.5 Å². The zero-order valence-corrected chi connectivity index (χ0v) is 11.4. The normalized spacial score (nSPS) is 11.7. The highest BCUT2D eigenvalue weighted by molar-refractivity contribution is 5.77. The van der Waals surface area contributed by atoms with Crippen LogP contribution < -0.4 is 15.8 Å². The molecule has 0 saturated carbocycles. The van der Waals surface area contributed by atoms with Crippen LogP contribution in [-0.2, 0) is 11.2 Å². The molecule has 0 spiro atoms. The minimum Gasteiger partial charge on any atom is -0.484 e. The van der Waals surface area contributed by atoms with Crippen molar-refractivity contribution in [2.24, 2.45) is 5.73 Å². The van der Waals surface area contributed by atoms with E-state index >= 15 is 0 Å². The molecule has 0 saturated heterocycles. The third-order valence-corrected chi connectivity index (χ3v) is 2.63. The first-order valence-corrected chi connectivity index (χ1v) is 6.46. The van der Waals surface area contributed by atoms with Crippen LogP contribution in [0.1, 0.15) is 18.9 Å². The highest BCUT2D eigenvalue weighted by Gasteiger charge is 2.02. The van der Waals surface area contributed by atoms with Crippen molar-refractivity contribution < 1.29 is 9.53 Å². The number of amides is 1. The Morgan fingerprint density at radius 3 is 2.74 bits per heavy atom. The first-order chi connectivity index (χ1) is 9.11. The summed E-state index contributed by atoms with van der Waals surface area (Å²) in [5, 5.41) is 2.65. The summed E-state index contributed by atoms with van der Waals surface area (Å²) in [6, 6.07) is 7.96. The molecule has 1 amide bonds. The minimum absolute atomic E-state index is 0.0209. The van der Waals surface area contributed by atoms with E-state index in [1.54, 1.807) is 6.08 Å². The topological polar surface area (TPSA) is 64.3 Å². The Labute approximate surface area is 114 Å². The molecule has 0 aliphatic heterocycles. The summed E-state index contributed by atoms with van der Waals surface area (Å²) >= 11 is 0. The van der Waals surface area contributed by atoms with Crippen LogP contribution in [0.15, 0.2) is 36.9 Å². The molecule has 19 heavy (non-hydrogen) atoms. The first-order valence-electron chi connectivity index (χ1n) is 6.46. The van der Waals surface area contributed by atoms with Gasteiger partial charge in [-0.2, -0.15) is 0 Å². The maximum atomic E-state index is 11.3. The molecule has 0 radical (unpaired) electrons. The van der Waals surface area contributed by atoms with Gasteiger partial charge in [0.2, 0.25) is 0 Å². The van der Waals surface area contributed by atoms with Crippen molar-refractivity contribution in [2.75, 3.05) is 13.2 Å². The summed E-state index contributed by atoms with van der Waals surface area (Å²) in [6.07, 6.45) is 3.55. The van der Waals surface area contributed by atoms with Crippen LogP contribution >= 0.6 is 0 Å². The SMILES string of the molecule is C=CCNC(=O)COc1ccc(CCC(C)N)cc1. The summed E-state index contributed by atoms with van der Waals surface area (Å²) in [5.74, 6) is 0.541. The van der Waals surface area contributed by atoms with Crippen molar-refractivity contribution in [3.63, 3.8) is 0 Å². The molecule has 1 aromatic carbocycles. The predicted octanol–water partition coefficient (Wildman–Crippen LogP) is 1.65. The number of rotatable bonds is 8. The average molecular weight is 262 g/mol. The van der Waals surface area contributed by atoms with Gasteiger partial charge in [-0.15, -0.1) is 6.58 Å². The van der Waals surface area contributed by atoms with Gasteiger partial charge < -0.3 is 15.8 Å². The van der Waals surface area contributed by atoms with E-state index in [1.807, 2.05) is 31.2 Å². The third kappa shape index (κ3) is 6.62. The summed E-state index contributed by atoms with van der Waals surface area (Å²) in [4.78, 5) is 11.3. The fraction of sp³-hybridized carbons (Fsp3) is 0.400. The van der Waals surface area contributed by atoms with Gasteiger partial charge in [-0.25, -0.2) is 0 Å². The minimum atomic E-state index is -0.152. The maximum absolute atomic E-state index is 11.3. The van der Waals surface area contributed by atoms with E-state index in [1.165, 1.54) is 5.56 Å². The van der Waals surface area contributed by atoms with Gasteiger partial charge in [0.15, 0.2) is 6.61 Å². The smallest absolute Gasteiger partial charge is 0.258 e. The molecule has 0 fully saturated rings. The summed E-state index contributed by atoms with van der Waals surface area (Å²) in [5.41, 5.74) is 6.94. The Bertz CT molecular complexity index is 399. The van der Waals surface area contributed by atoms with Crippen LogP contribution in [0.5, 0.6) is 5.75 Å². The lowest BCUT2D eigenvalue weighted by atomic mass is 10.1. The largest absolute Gasteiger partial charge is 0.484 e. The van der Waals surface area contributed by atoms with Gasteiger partial charge in [0.25, 0.3) is 5.91 Å². The Morgan fingerprint density at radius 1 is 1.47 bits per heavy atom. The Kier molecular flexibility index (Phi) is 6.68. The second-order valence-electron chi connectivity index (χ2n) is 4.54. The van der Waals surface area contributed by atoms with Crippen molar-refractivity contribution in [3.8, 4) is 5.75 Å². The molecule has 0 aliphatic carbocycles. The van der Waals surface area contributed by atoms with Crippen molar-refractivity contribution in [1.82, 2.24) is 5.32 Å². The highest BCUT2D eigenvalue weighted by Crippen LogP contribution is 2.13. The number of nitrogens with one attached hydrogen (secondary N) is 1.